The van der Waals surface area contributed by atoms with Gasteiger partial charge < -0.3 is 0 Å². The normalized spacial score (nSPS) is 10.8. The van der Waals surface area contributed by atoms with Crippen LogP contribution in [0.15, 0.2) is 60.7 Å². The fraction of sp³-hybridized carbons (Fsp3) is 0.217. The van der Waals surface area contributed by atoms with Crippen LogP contribution in [-0.2, 0) is 6.42 Å². The Kier molecular flexibility index (Phi) is 4.80. The van der Waals surface area contributed by atoms with Gasteiger partial charge in [0.25, 0.3) is 0 Å². The number of hydrogen-bond acceptors (Lipinski definition) is 0. The van der Waals surface area contributed by atoms with Crippen LogP contribution in [0.1, 0.15) is 30.0 Å². The van der Waals surface area contributed by atoms with Gasteiger partial charge in [0.05, 0.1) is 0 Å². The highest BCUT2D eigenvalue weighted by Crippen LogP contribution is 2.28. The third-order valence-electron chi connectivity index (χ3n) is 4.61. The molecular formula is C23H23F. The van der Waals surface area contributed by atoms with Gasteiger partial charge in [0.1, 0.15) is 5.82 Å². The molecule has 0 saturated carbocycles. The Balaban J connectivity index is 1.90. The molecule has 1 heteroatoms. The lowest BCUT2D eigenvalue weighted by Crippen LogP contribution is -1.90. The molecule has 0 spiro atoms. The van der Waals surface area contributed by atoms with Crippen LogP contribution in [0.3, 0.4) is 0 Å². The third-order valence-corrected chi connectivity index (χ3v) is 4.61. The van der Waals surface area contributed by atoms with Crippen molar-refractivity contribution in [2.75, 3.05) is 0 Å². The molecule has 0 radical (unpaired) electrons. The van der Waals surface area contributed by atoms with E-state index in [1.54, 1.807) is 6.07 Å². The molecule has 0 unspecified atom stereocenters. The Labute approximate surface area is 144 Å². The molecule has 0 aromatic heterocycles. The molecule has 0 fully saturated rings. The molecule has 122 valence electrons. The third kappa shape index (κ3) is 3.41. The van der Waals surface area contributed by atoms with Crippen LogP contribution in [0.25, 0.3) is 22.3 Å². The van der Waals surface area contributed by atoms with E-state index in [1.165, 1.54) is 16.7 Å². The van der Waals surface area contributed by atoms with Crippen molar-refractivity contribution in [3.63, 3.8) is 0 Å². The summed E-state index contributed by atoms with van der Waals surface area (Å²) in [5, 5.41) is 0. The molecule has 0 atom stereocenters. The first-order valence-electron chi connectivity index (χ1n) is 8.55. The molecule has 0 aliphatic carbocycles. The molecule has 0 aliphatic heterocycles. The number of aryl methyl sites for hydroxylation is 3. The van der Waals surface area contributed by atoms with Crippen molar-refractivity contribution in [3.8, 4) is 22.3 Å². The lowest BCUT2D eigenvalue weighted by atomic mass is 9.97. The van der Waals surface area contributed by atoms with Crippen LogP contribution >= 0.6 is 0 Å². The SMILES string of the molecule is CCCc1ccc(-c2ccc(-c3ccc(C)c(C)c3)cc2)c(F)c1. The van der Waals surface area contributed by atoms with Gasteiger partial charge in [0.15, 0.2) is 0 Å². The van der Waals surface area contributed by atoms with E-state index in [0.29, 0.717) is 5.56 Å². The van der Waals surface area contributed by atoms with E-state index in [1.807, 2.05) is 24.3 Å². The van der Waals surface area contributed by atoms with E-state index >= 15 is 0 Å². The summed E-state index contributed by atoms with van der Waals surface area (Å²) in [4.78, 5) is 0. The van der Waals surface area contributed by atoms with Gasteiger partial charge in [-0.05, 0) is 59.7 Å². The van der Waals surface area contributed by atoms with Crippen molar-refractivity contribution in [2.45, 2.75) is 33.6 Å². The first-order chi connectivity index (χ1) is 11.6. The highest BCUT2D eigenvalue weighted by Gasteiger charge is 2.07. The first kappa shape index (κ1) is 16.4. The van der Waals surface area contributed by atoms with Gasteiger partial charge in [-0.1, -0.05) is 67.9 Å². The average molecular weight is 318 g/mol. The van der Waals surface area contributed by atoms with Crippen LogP contribution < -0.4 is 0 Å². The van der Waals surface area contributed by atoms with Crippen molar-refractivity contribution < 1.29 is 4.39 Å². The second-order valence-electron chi connectivity index (χ2n) is 6.44. The van der Waals surface area contributed by atoms with Gasteiger partial charge in [0.2, 0.25) is 0 Å². The molecule has 0 heterocycles. The summed E-state index contributed by atoms with van der Waals surface area (Å²) < 4.78 is 14.4. The fourth-order valence-electron chi connectivity index (χ4n) is 3.00. The van der Waals surface area contributed by atoms with E-state index < -0.39 is 0 Å². The number of benzene rings is 3. The second kappa shape index (κ2) is 7.00. The van der Waals surface area contributed by atoms with E-state index in [4.69, 9.17) is 0 Å². The Morgan fingerprint density at radius 2 is 1.38 bits per heavy atom. The van der Waals surface area contributed by atoms with Gasteiger partial charge in [-0.15, -0.1) is 0 Å². The maximum absolute atomic E-state index is 14.4. The van der Waals surface area contributed by atoms with Gasteiger partial charge >= 0.3 is 0 Å². The summed E-state index contributed by atoms with van der Waals surface area (Å²) in [6.45, 7) is 6.35. The smallest absolute Gasteiger partial charge is 0.131 e. The largest absolute Gasteiger partial charge is 0.206 e. The molecule has 0 N–H and O–H groups in total. The minimum Gasteiger partial charge on any atom is -0.206 e. The monoisotopic (exact) mass is 318 g/mol. The summed E-state index contributed by atoms with van der Waals surface area (Å²) >= 11 is 0. The quantitative estimate of drug-likeness (QED) is 0.500. The maximum atomic E-state index is 14.4. The lowest BCUT2D eigenvalue weighted by Gasteiger charge is -2.09. The number of rotatable bonds is 4. The zero-order chi connectivity index (χ0) is 17.1. The van der Waals surface area contributed by atoms with Gasteiger partial charge in [-0.3, -0.25) is 0 Å². The standard InChI is InChI=1S/C23H23F/c1-4-5-18-7-13-22(23(24)15-18)20-11-9-19(10-12-20)21-8-6-16(2)17(3)14-21/h6-15H,4-5H2,1-3H3. The van der Waals surface area contributed by atoms with E-state index in [9.17, 15) is 4.39 Å². The molecule has 24 heavy (non-hydrogen) atoms. The minimum atomic E-state index is -0.139. The zero-order valence-corrected chi connectivity index (χ0v) is 14.6. The molecule has 0 saturated heterocycles. The Hall–Kier alpha value is -2.41. The molecular weight excluding hydrogens is 295 g/mol. The average Bonchev–Trinajstić information content (AvgIpc) is 2.58. The predicted octanol–water partition coefficient (Wildman–Crippen LogP) is 6.73. The van der Waals surface area contributed by atoms with Gasteiger partial charge in [-0.2, -0.15) is 0 Å². The van der Waals surface area contributed by atoms with Crippen LogP contribution in [0.4, 0.5) is 4.39 Å². The Bertz CT molecular complexity index is 844. The van der Waals surface area contributed by atoms with Crippen molar-refractivity contribution in [1.82, 2.24) is 0 Å². The van der Waals surface area contributed by atoms with Crippen molar-refractivity contribution in [1.29, 1.82) is 0 Å². The summed E-state index contributed by atoms with van der Waals surface area (Å²) in [5.74, 6) is -0.139. The van der Waals surface area contributed by atoms with Gasteiger partial charge in [-0.25, -0.2) is 4.39 Å². The fourth-order valence-corrected chi connectivity index (χ4v) is 3.00. The Morgan fingerprint density at radius 3 is 2.00 bits per heavy atom. The molecule has 3 aromatic rings. The molecule has 0 amide bonds. The summed E-state index contributed by atoms with van der Waals surface area (Å²) in [5.41, 5.74) is 7.59. The highest BCUT2D eigenvalue weighted by atomic mass is 19.1. The van der Waals surface area contributed by atoms with Crippen molar-refractivity contribution in [2.24, 2.45) is 0 Å². The summed E-state index contributed by atoms with van der Waals surface area (Å²) in [6, 6.07) is 20.2. The first-order valence-corrected chi connectivity index (χ1v) is 8.55. The highest BCUT2D eigenvalue weighted by molar-refractivity contribution is 5.71. The van der Waals surface area contributed by atoms with Crippen LogP contribution in [0.5, 0.6) is 0 Å². The van der Waals surface area contributed by atoms with Crippen LogP contribution in [-0.4, -0.2) is 0 Å². The maximum Gasteiger partial charge on any atom is 0.131 e. The zero-order valence-electron chi connectivity index (χ0n) is 14.6. The molecule has 0 nitrogen and oxygen atoms in total. The predicted molar refractivity (Wildman–Crippen MR) is 101 cm³/mol. The number of halogens is 1. The molecule has 0 aliphatic rings. The molecule has 3 aromatic carbocycles. The number of hydrogen-bond donors (Lipinski definition) is 0. The molecule has 3 rings (SSSR count). The van der Waals surface area contributed by atoms with Crippen molar-refractivity contribution >= 4 is 0 Å². The summed E-state index contributed by atoms with van der Waals surface area (Å²) in [6.07, 6.45) is 1.95. The minimum absolute atomic E-state index is 0.139. The van der Waals surface area contributed by atoms with Crippen molar-refractivity contribution in [3.05, 3.63) is 83.2 Å². The summed E-state index contributed by atoms with van der Waals surface area (Å²) in [7, 11) is 0. The van der Waals surface area contributed by atoms with E-state index in [-0.39, 0.29) is 5.82 Å². The molecule has 0 bridgehead atoms. The van der Waals surface area contributed by atoms with Crippen LogP contribution in [0.2, 0.25) is 0 Å². The van der Waals surface area contributed by atoms with E-state index in [0.717, 1.165) is 29.5 Å². The topological polar surface area (TPSA) is 0 Å². The van der Waals surface area contributed by atoms with Gasteiger partial charge in [0, 0.05) is 5.56 Å². The van der Waals surface area contributed by atoms with E-state index in [2.05, 4.69) is 51.1 Å². The Morgan fingerprint density at radius 1 is 0.708 bits per heavy atom. The second-order valence-corrected chi connectivity index (χ2v) is 6.44. The lowest BCUT2D eigenvalue weighted by molar-refractivity contribution is 0.628. The van der Waals surface area contributed by atoms with Crippen LogP contribution in [0, 0.1) is 19.7 Å².